The molecular weight excluding hydrogens is 2030 g/mol. The Hall–Kier alpha value is -18.8. The minimum atomic E-state index is -4.41. The number of benzene rings is 9. The SMILES string of the molecule is CCc1ncc(-c2ccc(S(=O)(=O)Nc3cc(F)c(C(=O)N[C@@H](Cc4ccc(-n5c(=O)c6ccccc6n(C)c5=O)cc4)C(=O)O)cc3F)cc2)cn1.CCc1ncc(-c2ccc(S(=O)(=O)Nc3cc(F)c(C(=O)N[C@@H](Cc4ccc(-n5c(=O)c6ccccc6n(C)c5=O)cn4)C(=O)O)cc3F)cc2)cn1.Cn1c(=O)n(-c2ccc(C[C@H](NC(=O)c3cc(F)c(NS(=O)(=O)c4ccco4)cc3F)C(=O)O)nc2)c(=O)c2ccccc21. The average Bonchev–Trinajstić information content (AvgIpc) is 0.769. The van der Waals surface area contributed by atoms with E-state index in [-0.39, 0.29) is 50.0 Å². The van der Waals surface area contributed by atoms with Gasteiger partial charge in [0.05, 0.1) is 112 Å². The largest absolute Gasteiger partial charge is 0.480 e. The smallest absolute Gasteiger partial charge is 0.335 e. The van der Waals surface area contributed by atoms with Gasteiger partial charge in [0.15, 0.2) is 0 Å². The molecule has 0 aliphatic heterocycles. The monoisotopic (exact) mass is 2110 g/mol. The zero-order valence-electron chi connectivity index (χ0n) is 78.6. The molecule has 0 saturated carbocycles. The van der Waals surface area contributed by atoms with Crippen molar-refractivity contribution in [3.05, 3.63) is 405 Å². The molecule has 0 aliphatic rings. The summed E-state index contributed by atoms with van der Waals surface area (Å²) in [6, 6.07) is 42.1. The third-order valence-corrected chi connectivity index (χ3v) is 27.4. The van der Waals surface area contributed by atoms with E-state index in [1.54, 1.807) is 97.6 Å². The number of para-hydroxylation sites is 3. The van der Waals surface area contributed by atoms with Gasteiger partial charge in [-0.2, -0.15) is 8.42 Å². The summed E-state index contributed by atoms with van der Waals surface area (Å²) in [6.45, 7) is 3.81. The molecule has 0 saturated heterocycles. The van der Waals surface area contributed by atoms with Gasteiger partial charge in [-0.15, -0.1) is 0 Å². The van der Waals surface area contributed by atoms with Gasteiger partial charge in [0, 0.05) is 119 Å². The van der Waals surface area contributed by atoms with Gasteiger partial charge in [-0.1, -0.05) is 86.6 Å². The van der Waals surface area contributed by atoms with Crippen LogP contribution < -0.4 is 63.9 Å². The molecule has 0 unspecified atom stereocenters. The Balaban J connectivity index is 0.000000169. The summed E-state index contributed by atoms with van der Waals surface area (Å²) in [5, 5.41) is 36.0. The molecular formula is C101H80F6N18O22S3. The van der Waals surface area contributed by atoms with Gasteiger partial charge < -0.3 is 35.7 Å². The maximum atomic E-state index is 15.2. The second-order valence-corrected chi connectivity index (χ2v) is 38.1. The summed E-state index contributed by atoms with van der Waals surface area (Å²) in [7, 11) is -8.66. The van der Waals surface area contributed by atoms with Crippen molar-refractivity contribution in [3.63, 3.8) is 0 Å². The summed E-state index contributed by atoms with van der Waals surface area (Å²) < 4.78 is 184. The molecule has 766 valence electrons. The topological polar surface area (TPSA) is 560 Å². The van der Waals surface area contributed by atoms with Crippen LogP contribution in [0.2, 0.25) is 0 Å². The molecule has 9 aromatic carbocycles. The molecule has 0 bridgehead atoms. The molecule has 17 aromatic rings. The van der Waals surface area contributed by atoms with Crippen molar-refractivity contribution in [2.75, 3.05) is 14.2 Å². The highest BCUT2D eigenvalue weighted by Gasteiger charge is 2.32. The first-order valence-corrected chi connectivity index (χ1v) is 49.0. The first kappa shape index (κ1) is 105. The number of nitrogens with one attached hydrogen (secondary N) is 6. The van der Waals surface area contributed by atoms with Gasteiger partial charge in [-0.25, -0.2) is 106 Å². The van der Waals surface area contributed by atoms with Crippen LogP contribution in [0.15, 0.2) is 310 Å². The number of halogens is 6. The number of hydrogen-bond acceptors (Lipinski definition) is 25. The maximum Gasteiger partial charge on any atom is 0.335 e. The van der Waals surface area contributed by atoms with Crippen LogP contribution in [-0.4, -0.2) is 152 Å². The van der Waals surface area contributed by atoms with Crippen molar-refractivity contribution in [1.29, 1.82) is 0 Å². The van der Waals surface area contributed by atoms with Gasteiger partial charge in [0.25, 0.3) is 64.5 Å². The quantitative estimate of drug-likeness (QED) is 0.0182. The van der Waals surface area contributed by atoms with Crippen LogP contribution in [-0.2, 0) is 97.7 Å². The molecule has 150 heavy (non-hydrogen) atoms. The Bertz CT molecular complexity index is 8650. The number of carbonyl (C=O) groups excluding carboxylic acids is 3. The van der Waals surface area contributed by atoms with E-state index in [0.717, 1.165) is 26.0 Å². The van der Waals surface area contributed by atoms with E-state index in [0.29, 0.717) is 116 Å². The Morgan fingerprint density at radius 2 is 0.660 bits per heavy atom. The highest BCUT2D eigenvalue weighted by atomic mass is 32.2. The van der Waals surface area contributed by atoms with Crippen LogP contribution >= 0.6 is 0 Å². The first-order chi connectivity index (χ1) is 71.4. The summed E-state index contributed by atoms with van der Waals surface area (Å²) in [4.78, 5) is 177. The normalized spacial score (nSPS) is 12.0. The first-order valence-electron chi connectivity index (χ1n) is 44.6. The lowest BCUT2D eigenvalue weighted by Crippen LogP contribution is -2.42. The highest BCUT2D eigenvalue weighted by Crippen LogP contribution is 2.31. The number of anilines is 3. The van der Waals surface area contributed by atoms with Gasteiger partial charge in [-0.3, -0.25) is 66.6 Å². The number of carbonyl (C=O) groups is 6. The molecule has 0 spiro atoms. The zero-order valence-corrected chi connectivity index (χ0v) is 81.0. The molecule has 49 heteroatoms. The molecule has 8 heterocycles. The fraction of sp³-hybridized carbons (Fsp3) is 0.129. The summed E-state index contributed by atoms with van der Waals surface area (Å²) >= 11 is 0. The van der Waals surface area contributed by atoms with Crippen molar-refractivity contribution < 1.29 is 100 Å². The number of fused-ring (bicyclic) bond motifs is 3. The third-order valence-electron chi connectivity index (χ3n) is 23.4. The van der Waals surface area contributed by atoms with E-state index >= 15 is 17.6 Å². The van der Waals surface area contributed by atoms with Gasteiger partial charge >= 0.3 is 35.0 Å². The molecule has 9 N–H and O–H groups in total. The lowest BCUT2D eigenvalue weighted by molar-refractivity contribution is -0.140. The van der Waals surface area contributed by atoms with Gasteiger partial charge in [-0.05, 0) is 144 Å². The number of pyridine rings is 2. The second-order valence-electron chi connectivity index (χ2n) is 33.1. The summed E-state index contributed by atoms with van der Waals surface area (Å²) in [6.07, 6.45) is 10.0. The maximum absolute atomic E-state index is 15.2. The Labute approximate surface area is 842 Å². The van der Waals surface area contributed by atoms with Crippen molar-refractivity contribution in [2.45, 2.75) is 79.0 Å². The molecule has 0 aliphatic carbocycles. The lowest BCUT2D eigenvalue weighted by Gasteiger charge is -2.16. The van der Waals surface area contributed by atoms with Crippen LogP contribution in [0.25, 0.3) is 72.0 Å². The molecule has 8 aromatic heterocycles. The number of aryl methyl sites for hydroxylation is 5. The van der Waals surface area contributed by atoms with Crippen molar-refractivity contribution >= 4 is 115 Å². The van der Waals surface area contributed by atoms with E-state index in [9.17, 15) is 107 Å². The average molecular weight is 2110 g/mol. The Morgan fingerprint density at radius 1 is 0.347 bits per heavy atom. The number of nitrogens with zero attached hydrogens (tertiary/aromatic N) is 12. The molecule has 40 nitrogen and oxygen atoms in total. The number of sulfonamides is 3. The second kappa shape index (κ2) is 44.0. The van der Waals surface area contributed by atoms with E-state index in [2.05, 4.69) is 45.9 Å². The standard InChI is InChI=1S/C37H30F2N6O7S.C36H29F2N7O7S.C28H21F2N5O8S/c1-3-33-40-19-23(20-41-33)22-10-14-25(15-11-22)53(51,52)43-30-18-28(38)27(17-29(30)39)34(46)42-31(36(48)49)16-21-8-12-24(13-9-21)45-35(47)26-6-4-5-7-32(26)44(2)37(45)50;1-3-32-40-17-21(18-41-32)20-8-12-24(13-9-20)53(51,52)43-29-16-27(37)26(15-28(29)38)33(46)42-30(35(48)49)14-22-10-11-23(19-39-22)45-34(47)25-6-4-5-7-31(25)44(2)36(45)50;1-34-23-6-3-2-5-17(23)26(37)35(28(34)40)16-9-8-15(31-14-16)11-22(27(38)39)32-25(36)18-12-20(30)21(13-19(18)29)33-44(41,42)24-7-4-10-43-24/h4-15,17-20,31,43H,3,16H2,1-2H3,(H,42,46)(H,48,49);4-13,15-19,30,43H,3,14H2,1-2H3,(H,42,46)(H,48,49);2-10,12-14,22,33H,11H2,1H3,(H,32,36)(H,38,39)/t31-;30-;22-/m000/s1. The molecule has 0 fully saturated rings. The molecule has 0 radical (unpaired) electrons. The number of amides is 3. The third kappa shape index (κ3) is 22.9. The van der Waals surface area contributed by atoms with Crippen molar-refractivity contribution in [3.8, 4) is 39.3 Å². The van der Waals surface area contributed by atoms with Crippen LogP contribution in [0.3, 0.4) is 0 Å². The van der Waals surface area contributed by atoms with Gasteiger partial charge in [0.1, 0.15) is 64.7 Å². The molecule has 3 amide bonds. The minimum Gasteiger partial charge on any atom is -0.480 e. The lowest BCUT2D eigenvalue weighted by atomic mass is 10.0. The summed E-state index contributed by atoms with van der Waals surface area (Å²) in [5.74, 6) is -15.0. The van der Waals surface area contributed by atoms with Gasteiger partial charge in [0.2, 0.25) is 5.09 Å². The summed E-state index contributed by atoms with van der Waals surface area (Å²) in [5.41, 5.74) is -3.64. The van der Waals surface area contributed by atoms with Crippen molar-refractivity contribution in [1.82, 2.24) is 73.3 Å². The fourth-order valence-corrected chi connectivity index (χ4v) is 18.5. The number of carboxylic acid groups (broad SMARTS) is 3. The minimum absolute atomic E-state index is 0.110. The number of aromatic nitrogens is 12. The predicted octanol–water partition coefficient (Wildman–Crippen LogP) is 10.0. The highest BCUT2D eigenvalue weighted by molar-refractivity contribution is 7.93. The van der Waals surface area contributed by atoms with E-state index in [1.165, 1.54) is 150 Å². The zero-order chi connectivity index (χ0) is 108. The Kier molecular flexibility index (Phi) is 31.0. The van der Waals surface area contributed by atoms with E-state index in [1.807, 2.05) is 28.0 Å². The Morgan fingerprint density at radius 3 is 0.967 bits per heavy atom. The van der Waals surface area contributed by atoms with Crippen molar-refractivity contribution in [2.24, 2.45) is 21.1 Å². The number of furan rings is 1. The van der Waals surface area contributed by atoms with Crippen LogP contribution in [0, 0.1) is 34.9 Å². The number of carboxylic acids is 3. The number of hydrogen-bond donors (Lipinski definition) is 9. The predicted molar refractivity (Wildman–Crippen MR) is 532 cm³/mol. The van der Waals surface area contributed by atoms with Crippen LogP contribution in [0.5, 0.6) is 0 Å². The van der Waals surface area contributed by atoms with Crippen LogP contribution in [0.4, 0.5) is 43.4 Å². The van der Waals surface area contributed by atoms with E-state index in [4.69, 9.17) is 4.42 Å². The van der Waals surface area contributed by atoms with Crippen LogP contribution in [0.1, 0.15) is 73.5 Å². The molecule has 3 atom stereocenters. The van der Waals surface area contributed by atoms with E-state index < -0.39 is 204 Å². The number of aliphatic carboxylic acids is 3. The fourth-order valence-electron chi connectivity index (χ4n) is 15.4. The number of rotatable bonds is 31. The molecule has 17 rings (SSSR count).